The third-order valence-corrected chi connectivity index (χ3v) is 7.63. The van der Waals surface area contributed by atoms with Gasteiger partial charge in [-0.15, -0.1) is 0 Å². The Morgan fingerprint density at radius 3 is 2.44 bits per heavy atom. The molecule has 2 aromatic carbocycles. The van der Waals surface area contributed by atoms with E-state index in [2.05, 4.69) is 9.47 Å². The number of aromatic nitrogens is 1. The van der Waals surface area contributed by atoms with E-state index in [1.54, 1.807) is 6.92 Å². The molecule has 3 aromatic rings. The second kappa shape index (κ2) is 9.09. The topological polar surface area (TPSA) is 34.5 Å². The summed E-state index contributed by atoms with van der Waals surface area (Å²) in [5.74, 6) is 0.874. The Morgan fingerprint density at radius 1 is 1.00 bits per heavy atom. The van der Waals surface area contributed by atoms with Crippen LogP contribution in [0.1, 0.15) is 49.4 Å². The van der Waals surface area contributed by atoms with Crippen LogP contribution in [0.25, 0.3) is 10.9 Å². The number of piperidine rings is 1. The second-order valence-electron chi connectivity index (χ2n) is 9.05. The van der Waals surface area contributed by atoms with Crippen LogP contribution in [-0.2, 0) is 6.54 Å². The minimum absolute atomic E-state index is 0.0784. The highest BCUT2D eigenvalue weighted by Crippen LogP contribution is 2.38. The summed E-state index contributed by atoms with van der Waals surface area (Å²) >= 11 is 12.8. The van der Waals surface area contributed by atoms with Crippen molar-refractivity contribution in [2.45, 2.75) is 63.8 Å². The monoisotopic (exact) mass is 470 g/mol. The van der Waals surface area contributed by atoms with Gasteiger partial charge in [0.2, 0.25) is 0 Å². The average Bonchev–Trinajstić information content (AvgIpc) is 3.25. The van der Waals surface area contributed by atoms with Gasteiger partial charge in [-0.25, -0.2) is 0 Å². The predicted octanol–water partition coefficient (Wildman–Crippen LogP) is 6.62. The summed E-state index contributed by atoms with van der Waals surface area (Å²) < 4.78 is 8.42. The van der Waals surface area contributed by atoms with Gasteiger partial charge in [-0.3, -0.25) is 9.69 Å². The standard InChI is InChI=1S/C26H28Cl2N2O2/c1-17(31)22-16-29(26-21(22)6-4-8-24(26)28)12-5-13-30-18-10-11-19(30)15-20(14-18)32-25-9-3-2-7-23(25)27/h2-4,6-9,16,18-20H,5,10-15H2,1H3. The summed E-state index contributed by atoms with van der Waals surface area (Å²) in [5, 5.41) is 2.33. The Bertz CT molecular complexity index is 1130. The van der Waals surface area contributed by atoms with Gasteiger partial charge in [0.15, 0.2) is 5.78 Å². The molecule has 6 heteroatoms. The molecule has 2 saturated heterocycles. The lowest BCUT2D eigenvalue weighted by atomic mass is 9.99. The Hall–Kier alpha value is -2.01. The first kappa shape index (κ1) is 21.8. The molecule has 0 amide bonds. The van der Waals surface area contributed by atoms with Gasteiger partial charge in [0.25, 0.3) is 0 Å². The maximum Gasteiger partial charge on any atom is 0.161 e. The zero-order valence-corrected chi connectivity index (χ0v) is 19.8. The first-order chi connectivity index (χ1) is 15.5. The first-order valence-corrected chi connectivity index (χ1v) is 12.2. The number of ketones is 1. The van der Waals surface area contributed by atoms with Gasteiger partial charge in [-0.05, 0) is 57.2 Å². The fourth-order valence-electron chi connectivity index (χ4n) is 5.60. The molecule has 5 rings (SSSR count). The van der Waals surface area contributed by atoms with Crippen molar-refractivity contribution < 1.29 is 9.53 Å². The van der Waals surface area contributed by atoms with Crippen molar-refractivity contribution in [3.8, 4) is 5.75 Å². The molecule has 0 spiro atoms. The van der Waals surface area contributed by atoms with Crippen molar-refractivity contribution in [3.63, 3.8) is 0 Å². The number of Topliss-reactive ketones (excluding diaryl/α,β-unsaturated/α-hetero) is 1. The SMILES string of the molecule is CC(=O)c1cn(CCCN2C3CCC2CC(Oc2ccccc2Cl)C3)c2c(Cl)cccc12. The maximum absolute atomic E-state index is 12.1. The molecular weight excluding hydrogens is 443 g/mol. The zero-order valence-electron chi connectivity index (χ0n) is 18.3. The molecule has 2 fully saturated rings. The highest BCUT2D eigenvalue weighted by Gasteiger charge is 2.41. The fraction of sp³-hybridized carbons (Fsp3) is 0.423. The van der Waals surface area contributed by atoms with Crippen molar-refractivity contribution in [3.05, 3.63) is 64.3 Å². The number of aryl methyl sites for hydroxylation is 1. The third-order valence-electron chi connectivity index (χ3n) is 7.02. The molecule has 4 nitrogen and oxygen atoms in total. The number of para-hydroxylation sites is 2. The summed E-state index contributed by atoms with van der Waals surface area (Å²) in [5.41, 5.74) is 1.72. The van der Waals surface area contributed by atoms with Crippen LogP contribution >= 0.6 is 23.2 Å². The fourth-order valence-corrected chi connectivity index (χ4v) is 6.06. The number of carbonyl (C=O) groups excluding carboxylic acids is 1. The van der Waals surface area contributed by atoms with E-state index in [0.29, 0.717) is 22.1 Å². The highest BCUT2D eigenvalue weighted by atomic mass is 35.5. The van der Waals surface area contributed by atoms with E-state index in [-0.39, 0.29) is 11.9 Å². The zero-order chi connectivity index (χ0) is 22.2. The number of hydrogen-bond donors (Lipinski definition) is 0. The Kier molecular flexibility index (Phi) is 6.20. The van der Waals surface area contributed by atoms with Crippen LogP contribution in [0.5, 0.6) is 5.75 Å². The molecule has 2 aliphatic rings. The van der Waals surface area contributed by atoms with Crippen LogP contribution in [0, 0.1) is 0 Å². The molecule has 0 radical (unpaired) electrons. The molecule has 168 valence electrons. The third kappa shape index (κ3) is 4.16. The van der Waals surface area contributed by atoms with E-state index in [9.17, 15) is 4.79 Å². The van der Waals surface area contributed by atoms with Crippen LogP contribution in [0.4, 0.5) is 0 Å². The number of ether oxygens (including phenoxy) is 1. The molecule has 0 saturated carbocycles. The number of nitrogens with zero attached hydrogens (tertiary/aromatic N) is 2. The molecular formula is C26H28Cl2N2O2. The van der Waals surface area contributed by atoms with Crippen LogP contribution in [0.3, 0.4) is 0 Å². The second-order valence-corrected chi connectivity index (χ2v) is 9.86. The van der Waals surface area contributed by atoms with E-state index in [1.807, 2.05) is 48.7 Å². The average molecular weight is 471 g/mol. The van der Waals surface area contributed by atoms with Gasteiger partial charge in [0.1, 0.15) is 11.9 Å². The number of carbonyl (C=O) groups is 1. The van der Waals surface area contributed by atoms with Gasteiger partial charge in [-0.1, -0.05) is 47.5 Å². The minimum atomic E-state index is 0.0784. The van der Waals surface area contributed by atoms with E-state index in [1.165, 1.54) is 12.8 Å². The van der Waals surface area contributed by atoms with Crippen molar-refractivity contribution in [2.75, 3.05) is 6.54 Å². The normalized spacial score (nSPS) is 23.0. The van der Waals surface area contributed by atoms with Gasteiger partial charge < -0.3 is 9.30 Å². The Morgan fingerprint density at radius 2 is 1.72 bits per heavy atom. The minimum Gasteiger partial charge on any atom is -0.489 e. The smallest absolute Gasteiger partial charge is 0.161 e. The number of hydrogen-bond acceptors (Lipinski definition) is 3. The maximum atomic E-state index is 12.1. The lowest BCUT2D eigenvalue weighted by Crippen LogP contribution is -2.46. The summed E-state index contributed by atoms with van der Waals surface area (Å²) in [6, 6.07) is 14.7. The van der Waals surface area contributed by atoms with Crippen LogP contribution < -0.4 is 4.74 Å². The summed E-state index contributed by atoms with van der Waals surface area (Å²) in [7, 11) is 0. The van der Waals surface area contributed by atoms with E-state index >= 15 is 0 Å². The van der Waals surface area contributed by atoms with Crippen molar-refractivity contribution in [1.29, 1.82) is 0 Å². The van der Waals surface area contributed by atoms with Crippen LogP contribution in [0.2, 0.25) is 10.0 Å². The lowest BCUT2D eigenvalue weighted by molar-refractivity contribution is 0.0482. The highest BCUT2D eigenvalue weighted by molar-refractivity contribution is 6.35. The number of rotatable bonds is 7. The number of fused-ring (bicyclic) bond motifs is 3. The molecule has 1 aromatic heterocycles. The van der Waals surface area contributed by atoms with E-state index in [0.717, 1.165) is 54.6 Å². The van der Waals surface area contributed by atoms with Gasteiger partial charge in [-0.2, -0.15) is 0 Å². The van der Waals surface area contributed by atoms with E-state index < -0.39 is 0 Å². The molecule has 32 heavy (non-hydrogen) atoms. The summed E-state index contributed by atoms with van der Waals surface area (Å²) in [4.78, 5) is 14.8. The van der Waals surface area contributed by atoms with Crippen molar-refractivity contribution >= 4 is 39.9 Å². The Balaban J connectivity index is 1.23. The van der Waals surface area contributed by atoms with Gasteiger partial charge in [0.05, 0.1) is 15.6 Å². The summed E-state index contributed by atoms with van der Waals surface area (Å²) in [6.45, 7) is 3.52. The molecule has 2 unspecified atom stereocenters. The molecule has 2 aliphatic heterocycles. The van der Waals surface area contributed by atoms with Gasteiger partial charge >= 0.3 is 0 Å². The van der Waals surface area contributed by atoms with E-state index in [4.69, 9.17) is 27.9 Å². The molecule has 0 aliphatic carbocycles. The quantitative estimate of drug-likeness (QED) is 0.364. The summed E-state index contributed by atoms with van der Waals surface area (Å²) in [6.07, 6.45) is 7.80. The molecule has 0 N–H and O–H groups in total. The molecule has 2 bridgehead atoms. The largest absolute Gasteiger partial charge is 0.489 e. The number of halogens is 2. The van der Waals surface area contributed by atoms with Crippen LogP contribution in [0.15, 0.2) is 48.7 Å². The van der Waals surface area contributed by atoms with Crippen LogP contribution in [-0.4, -0.2) is 40.0 Å². The van der Waals surface area contributed by atoms with Gasteiger partial charge in [0, 0.05) is 42.3 Å². The van der Waals surface area contributed by atoms with Crippen molar-refractivity contribution in [2.24, 2.45) is 0 Å². The predicted molar refractivity (Wildman–Crippen MR) is 130 cm³/mol. The van der Waals surface area contributed by atoms with Crippen molar-refractivity contribution in [1.82, 2.24) is 9.47 Å². The number of benzene rings is 2. The Labute approximate surface area is 199 Å². The first-order valence-electron chi connectivity index (χ1n) is 11.5. The molecule has 3 heterocycles. The lowest BCUT2D eigenvalue weighted by Gasteiger charge is -2.39. The molecule has 2 atom stereocenters.